The Hall–Kier alpha value is -4.27. The highest BCUT2D eigenvalue weighted by atomic mass is 32.2. The minimum atomic E-state index is -4.40. The number of sulfonamides is 1. The Labute approximate surface area is 213 Å². The van der Waals surface area contributed by atoms with Gasteiger partial charge in [0, 0.05) is 4.92 Å². The van der Waals surface area contributed by atoms with E-state index >= 15 is 0 Å². The summed E-state index contributed by atoms with van der Waals surface area (Å²) in [7, 11) is -3.26. The SMILES string of the molecule is COC(=O)[C@H]1N[C@H](c2ccccc2)[C@]2([N+](=O)[O-])c3cc(C#N)ccc3N(S(=O)(=O)c3ccc(C)cc3)[C@H]12. The molecule has 5 rings (SSSR count). The number of nitro groups is 1. The van der Waals surface area contributed by atoms with E-state index in [4.69, 9.17) is 4.74 Å². The number of rotatable bonds is 5. The van der Waals surface area contributed by atoms with Crippen LogP contribution in [0.5, 0.6) is 0 Å². The van der Waals surface area contributed by atoms with Crippen molar-refractivity contribution in [2.75, 3.05) is 11.4 Å². The number of ether oxygens (including phenoxy) is 1. The molecule has 37 heavy (non-hydrogen) atoms. The Kier molecular flexibility index (Phi) is 5.73. The van der Waals surface area contributed by atoms with Crippen molar-refractivity contribution in [2.45, 2.75) is 35.5 Å². The van der Waals surface area contributed by atoms with Gasteiger partial charge in [-0.15, -0.1) is 0 Å². The molecule has 0 radical (unpaired) electrons. The van der Waals surface area contributed by atoms with Crippen molar-refractivity contribution in [3.63, 3.8) is 0 Å². The topological polar surface area (TPSA) is 143 Å². The molecule has 1 fully saturated rings. The van der Waals surface area contributed by atoms with E-state index in [0.29, 0.717) is 5.56 Å². The highest BCUT2D eigenvalue weighted by molar-refractivity contribution is 7.93. The second-order valence-electron chi connectivity index (χ2n) is 9.00. The molecule has 3 aromatic rings. The molecule has 0 aliphatic carbocycles. The first kappa shape index (κ1) is 24.4. The van der Waals surface area contributed by atoms with Crippen LogP contribution >= 0.6 is 0 Å². The van der Waals surface area contributed by atoms with Crippen molar-refractivity contribution in [1.82, 2.24) is 5.32 Å². The smallest absolute Gasteiger partial charge is 0.325 e. The second kappa shape index (κ2) is 8.69. The van der Waals surface area contributed by atoms with Crippen LogP contribution in [0.3, 0.4) is 0 Å². The molecule has 11 heteroatoms. The molecule has 1 saturated heterocycles. The van der Waals surface area contributed by atoms with Crippen molar-refractivity contribution in [1.29, 1.82) is 5.26 Å². The molecule has 188 valence electrons. The van der Waals surface area contributed by atoms with Crippen LogP contribution in [0.2, 0.25) is 0 Å². The largest absolute Gasteiger partial charge is 0.468 e. The van der Waals surface area contributed by atoms with Crippen LogP contribution in [0.25, 0.3) is 0 Å². The molecule has 2 heterocycles. The van der Waals surface area contributed by atoms with Gasteiger partial charge in [0.2, 0.25) is 0 Å². The predicted molar refractivity (Wildman–Crippen MR) is 133 cm³/mol. The van der Waals surface area contributed by atoms with E-state index in [9.17, 15) is 28.6 Å². The molecule has 0 aromatic heterocycles. The summed E-state index contributed by atoms with van der Waals surface area (Å²) in [4.78, 5) is 25.6. The van der Waals surface area contributed by atoms with E-state index in [2.05, 4.69) is 5.32 Å². The van der Waals surface area contributed by atoms with Crippen molar-refractivity contribution >= 4 is 21.7 Å². The number of anilines is 1. The standard InChI is InChI=1S/C26H22N4O6S/c1-16-8-11-19(12-9-16)37(34,35)29-21-13-10-17(15-27)14-20(21)26(30(32)33)23(18-6-4-3-5-7-18)28-22(24(26)29)25(31)36-2/h3-14,22-24,28H,1-2H3/t22-,23+,24+,26+/m0/s1. The fourth-order valence-corrected chi connectivity index (χ4v) is 7.16. The highest BCUT2D eigenvalue weighted by Gasteiger charge is 2.75. The normalized spacial score (nSPS) is 24.1. The number of aryl methyl sites for hydroxylation is 1. The molecule has 0 saturated carbocycles. The zero-order valence-electron chi connectivity index (χ0n) is 19.9. The summed E-state index contributed by atoms with van der Waals surface area (Å²) in [5.74, 6) is -0.841. The van der Waals surface area contributed by atoms with Crippen LogP contribution in [-0.2, 0) is 25.1 Å². The second-order valence-corrected chi connectivity index (χ2v) is 10.8. The predicted octanol–water partition coefficient (Wildman–Crippen LogP) is 2.80. The van der Waals surface area contributed by atoms with Crippen LogP contribution in [0.4, 0.5) is 5.69 Å². The highest BCUT2D eigenvalue weighted by Crippen LogP contribution is 2.58. The number of nitriles is 1. The number of fused-ring (bicyclic) bond motifs is 3. The van der Waals surface area contributed by atoms with Gasteiger partial charge in [0.1, 0.15) is 18.1 Å². The van der Waals surface area contributed by atoms with Gasteiger partial charge in [-0.1, -0.05) is 48.0 Å². The minimum Gasteiger partial charge on any atom is -0.468 e. The zero-order valence-corrected chi connectivity index (χ0v) is 20.7. The molecule has 0 unspecified atom stereocenters. The lowest BCUT2D eigenvalue weighted by Crippen LogP contribution is -2.56. The molecule has 2 aliphatic heterocycles. The fourth-order valence-electron chi connectivity index (χ4n) is 5.45. The molecular weight excluding hydrogens is 496 g/mol. The third kappa shape index (κ3) is 3.41. The van der Waals surface area contributed by atoms with Gasteiger partial charge >= 0.3 is 5.97 Å². The summed E-state index contributed by atoms with van der Waals surface area (Å²) in [5.41, 5.74) is -0.624. The lowest BCUT2D eigenvalue weighted by molar-refractivity contribution is -0.582. The van der Waals surface area contributed by atoms with Gasteiger partial charge in [0.25, 0.3) is 15.6 Å². The number of methoxy groups -OCH3 is 1. The summed E-state index contributed by atoms with van der Waals surface area (Å²) in [5, 5.41) is 25.8. The van der Waals surface area contributed by atoms with Crippen molar-refractivity contribution in [3.05, 3.63) is 105 Å². The van der Waals surface area contributed by atoms with Crippen LogP contribution in [0, 0.1) is 28.4 Å². The first-order chi connectivity index (χ1) is 17.7. The van der Waals surface area contributed by atoms with E-state index in [1.165, 1.54) is 30.3 Å². The molecule has 4 atom stereocenters. The number of carbonyl (C=O) groups excluding carboxylic acids is 1. The number of hydrogen-bond acceptors (Lipinski definition) is 8. The Bertz CT molecular complexity index is 1550. The number of benzene rings is 3. The fraction of sp³-hybridized carbons (Fsp3) is 0.231. The number of hydrogen-bond donors (Lipinski definition) is 1. The summed E-state index contributed by atoms with van der Waals surface area (Å²) in [6.07, 6.45) is 0. The van der Waals surface area contributed by atoms with Gasteiger partial charge in [-0.2, -0.15) is 5.26 Å². The number of nitrogens with zero attached hydrogens (tertiary/aromatic N) is 3. The number of esters is 1. The summed E-state index contributed by atoms with van der Waals surface area (Å²) in [6, 6.07) is 16.7. The average molecular weight is 519 g/mol. The Morgan fingerprint density at radius 1 is 1.14 bits per heavy atom. The third-order valence-electron chi connectivity index (χ3n) is 7.07. The van der Waals surface area contributed by atoms with Crippen LogP contribution < -0.4 is 9.62 Å². The lowest BCUT2D eigenvalue weighted by atomic mass is 9.78. The molecule has 1 N–H and O–H groups in total. The maximum Gasteiger partial charge on any atom is 0.325 e. The first-order valence-corrected chi connectivity index (χ1v) is 12.8. The first-order valence-electron chi connectivity index (χ1n) is 11.4. The minimum absolute atomic E-state index is 0.0324. The molecule has 10 nitrogen and oxygen atoms in total. The van der Waals surface area contributed by atoms with E-state index in [1.54, 1.807) is 49.4 Å². The van der Waals surface area contributed by atoms with E-state index in [-0.39, 0.29) is 21.7 Å². The van der Waals surface area contributed by atoms with Gasteiger partial charge in [-0.3, -0.25) is 24.5 Å². The maximum absolute atomic E-state index is 14.1. The Morgan fingerprint density at radius 2 is 1.81 bits per heavy atom. The molecule has 3 aromatic carbocycles. The molecule has 0 spiro atoms. The molecule has 2 aliphatic rings. The summed E-state index contributed by atoms with van der Waals surface area (Å²) in [6.45, 7) is 1.81. The molecular formula is C26H22N4O6S. The quantitative estimate of drug-likeness (QED) is 0.309. The van der Waals surface area contributed by atoms with E-state index < -0.39 is 44.6 Å². The zero-order chi connectivity index (χ0) is 26.5. The number of carbonyl (C=O) groups is 1. The lowest BCUT2D eigenvalue weighted by Gasteiger charge is -2.30. The Balaban J connectivity index is 1.86. The van der Waals surface area contributed by atoms with Gasteiger partial charge in [-0.25, -0.2) is 8.42 Å². The van der Waals surface area contributed by atoms with Gasteiger partial charge in [-0.05, 0) is 42.8 Å². The third-order valence-corrected chi connectivity index (χ3v) is 8.88. The van der Waals surface area contributed by atoms with E-state index in [1.807, 2.05) is 6.07 Å². The summed E-state index contributed by atoms with van der Waals surface area (Å²) >= 11 is 0. The van der Waals surface area contributed by atoms with Gasteiger partial charge in [0.15, 0.2) is 0 Å². The average Bonchev–Trinajstić information content (AvgIpc) is 3.40. The monoisotopic (exact) mass is 518 g/mol. The summed E-state index contributed by atoms with van der Waals surface area (Å²) < 4.78 is 34.2. The Morgan fingerprint density at radius 3 is 2.41 bits per heavy atom. The van der Waals surface area contributed by atoms with Gasteiger partial charge in [0.05, 0.1) is 34.9 Å². The molecule has 0 bridgehead atoms. The van der Waals surface area contributed by atoms with Crippen LogP contribution in [0.15, 0.2) is 77.7 Å². The van der Waals surface area contributed by atoms with Crippen molar-refractivity contribution < 1.29 is 22.9 Å². The van der Waals surface area contributed by atoms with Gasteiger partial charge < -0.3 is 4.74 Å². The molecule has 0 amide bonds. The van der Waals surface area contributed by atoms with Crippen molar-refractivity contribution in [3.8, 4) is 6.07 Å². The number of nitrogens with one attached hydrogen (secondary N) is 1. The maximum atomic E-state index is 14.1. The van der Waals surface area contributed by atoms with Crippen molar-refractivity contribution in [2.24, 2.45) is 0 Å². The van der Waals surface area contributed by atoms with Crippen LogP contribution in [0.1, 0.15) is 28.3 Å². The van der Waals surface area contributed by atoms with E-state index in [0.717, 1.165) is 17.0 Å². The van der Waals surface area contributed by atoms with Crippen LogP contribution in [-0.4, -0.2) is 38.5 Å².